The predicted molar refractivity (Wildman–Crippen MR) is 270 cm³/mol. The fraction of sp³-hybridized carbons (Fsp3) is 0.667. The molecule has 0 bridgehead atoms. The maximum Gasteiger partial charge on any atom is 0.306 e. The van der Waals surface area contributed by atoms with Crippen LogP contribution in [0.4, 0.5) is 0 Å². The molecule has 0 fully saturated rings. The van der Waals surface area contributed by atoms with Crippen molar-refractivity contribution in [2.75, 3.05) is 13.2 Å². The van der Waals surface area contributed by atoms with Gasteiger partial charge in [-0.15, -0.1) is 0 Å². The standard InChI is InChI=1S/C57H94O6/c1-4-7-10-13-16-19-22-24-26-27-28-29-31-32-35-38-41-44-47-50-56(59)62-53-54(52-61-55(58)49-46-43-40-37-34-21-18-15-12-9-6-3)63-57(60)51-48-45-42-39-36-33-30-25-23-20-17-14-11-8-5-2/h7,10,15-16,18-20,23-24,26,28-29,32,35,41,44,54H,4-6,8-9,11-14,17,21-22,25,27,30-31,33-34,36-40,42-43,45-53H2,1-3H3/b10-7-,18-15-,19-16-,23-20-,26-24-,29-28-,35-32-,44-41-. The molecule has 6 nitrogen and oxygen atoms in total. The third-order valence-electron chi connectivity index (χ3n) is 10.6. The second-order valence-electron chi connectivity index (χ2n) is 16.7. The molecule has 0 aliphatic carbocycles. The Balaban J connectivity index is 4.50. The predicted octanol–water partition coefficient (Wildman–Crippen LogP) is 17.0. The Morgan fingerprint density at radius 3 is 1.11 bits per heavy atom. The lowest BCUT2D eigenvalue weighted by molar-refractivity contribution is -0.166. The molecule has 1 atom stereocenters. The maximum absolute atomic E-state index is 12.8. The van der Waals surface area contributed by atoms with E-state index in [1.807, 2.05) is 6.08 Å². The van der Waals surface area contributed by atoms with Crippen LogP contribution in [-0.4, -0.2) is 37.2 Å². The van der Waals surface area contributed by atoms with Crippen LogP contribution in [0.1, 0.15) is 226 Å². The van der Waals surface area contributed by atoms with Gasteiger partial charge in [0.15, 0.2) is 6.10 Å². The van der Waals surface area contributed by atoms with E-state index < -0.39 is 6.10 Å². The third kappa shape index (κ3) is 49.2. The van der Waals surface area contributed by atoms with Gasteiger partial charge in [-0.25, -0.2) is 0 Å². The van der Waals surface area contributed by atoms with Crippen LogP contribution in [0.3, 0.4) is 0 Å². The lowest BCUT2D eigenvalue weighted by atomic mass is 10.1. The maximum atomic E-state index is 12.8. The number of carbonyl (C=O) groups excluding carboxylic acids is 3. The van der Waals surface area contributed by atoms with Crippen molar-refractivity contribution in [2.24, 2.45) is 0 Å². The molecule has 0 radical (unpaired) electrons. The van der Waals surface area contributed by atoms with Crippen molar-refractivity contribution < 1.29 is 28.6 Å². The highest BCUT2D eigenvalue weighted by Gasteiger charge is 2.19. The first kappa shape index (κ1) is 59.3. The van der Waals surface area contributed by atoms with E-state index in [2.05, 4.69) is 112 Å². The van der Waals surface area contributed by atoms with Gasteiger partial charge in [0.25, 0.3) is 0 Å². The van der Waals surface area contributed by atoms with Crippen molar-refractivity contribution in [3.63, 3.8) is 0 Å². The molecular weight excluding hydrogens is 781 g/mol. The van der Waals surface area contributed by atoms with Crippen molar-refractivity contribution >= 4 is 17.9 Å². The van der Waals surface area contributed by atoms with Gasteiger partial charge in [0.1, 0.15) is 13.2 Å². The number of carbonyl (C=O) groups is 3. The van der Waals surface area contributed by atoms with Gasteiger partial charge in [-0.3, -0.25) is 14.4 Å². The molecule has 0 amide bonds. The van der Waals surface area contributed by atoms with E-state index in [-0.39, 0.29) is 37.5 Å². The lowest BCUT2D eigenvalue weighted by Crippen LogP contribution is -2.30. The summed E-state index contributed by atoms with van der Waals surface area (Å²) in [4.78, 5) is 37.9. The van der Waals surface area contributed by atoms with Crippen LogP contribution in [0.25, 0.3) is 0 Å². The van der Waals surface area contributed by atoms with Crippen LogP contribution < -0.4 is 0 Å². The molecule has 0 aliphatic rings. The Hall–Kier alpha value is -3.67. The normalized spacial score (nSPS) is 12.9. The third-order valence-corrected chi connectivity index (χ3v) is 10.6. The van der Waals surface area contributed by atoms with Gasteiger partial charge in [-0.2, -0.15) is 0 Å². The second-order valence-corrected chi connectivity index (χ2v) is 16.7. The number of ether oxygens (including phenoxy) is 3. The van der Waals surface area contributed by atoms with Gasteiger partial charge >= 0.3 is 17.9 Å². The van der Waals surface area contributed by atoms with E-state index in [0.717, 1.165) is 89.9 Å². The minimum atomic E-state index is -0.813. The molecule has 0 aromatic rings. The molecule has 0 saturated heterocycles. The molecular formula is C57H94O6. The Bertz CT molecular complexity index is 1280. The number of allylic oxidation sites excluding steroid dienone is 16. The minimum Gasteiger partial charge on any atom is -0.462 e. The molecule has 6 heteroatoms. The first-order valence-corrected chi connectivity index (χ1v) is 25.7. The Morgan fingerprint density at radius 2 is 0.667 bits per heavy atom. The monoisotopic (exact) mass is 875 g/mol. The molecule has 0 heterocycles. The molecule has 358 valence electrons. The summed E-state index contributed by atoms with van der Waals surface area (Å²) in [6, 6.07) is 0. The summed E-state index contributed by atoms with van der Waals surface area (Å²) in [5, 5.41) is 0. The molecule has 0 rings (SSSR count). The molecule has 1 unspecified atom stereocenters. The molecule has 0 N–H and O–H groups in total. The lowest BCUT2D eigenvalue weighted by Gasteiger charge is -2.18. The summed E-state index contributed by atoms with van der Waals surface area (Å²) < 4.78 is 16.7. The average Bonchev–Trinajstić information content (AvgIpc) is 3.28. The highest BCUT2D eigenvalue weighted by atomic mass is 16.6. The topological polar surface area (TPSA) is 78.9 Å². The quantitative estimate of drug-likeness (QED) is 0.0262. The first-order valence-electron chi connectivity index (χ1n) is 25.7. The fourth-order valence-electron chi connectivity index (χ4n) is 6.68. The van der Waals surface area contributed by atoms with Gasteiger partial charge in [0, 0.05) is 19.3 Å². The molecule has 0 aliphatic heterocycles. The Labute approximate surface area is 387 Å². The van der Waals surface area contributed by atoms with Crippen LogP contribution in [-0.2, 0) is 28.6 Å². The summed E-state index contributed by atoms with van der Waals surface area (Å²) >= 11 is 0. The van der Waals surface area contributed by atoms with Gasteiger partial charge in [0.2, 0.25) is 0 Å². The second kappa shape index (κ2) is 51.0. The largest absolute Gasteiger partial charge is 0.462 e. The van der Waals surface area contributed by atoms with E-state index in [9.17, 15) is 14.4 Å². The van der Waals surface area contributed by atoms with E-state index in [0.29, 0.717) is 19.3 Å². The van der Waals surface area contributed by atoms with E-state index in [1.165, 1.54) is 89.9 Å². The molecule has 0 aromatic heterocycles. The van der Waals surface area contributed by atoms with E-state index >= 15 is 0 Å². The highest BCUT2D eigenvalue weighted by Crippen LogP contribution is 2.13. The SMILES string of the molecule is CC/C=C\C/C=C\C/C=C\C/C=C\C/C=C\C/C=C\CCC(=O)OCC(COC(=O)CCCCCCC/C=C\CCCC)OC(=O)CCCCCCCCC/C=C\CCCCCC. The smallest absolute Gasteiger partial charge is 0.306 e. The molecule has 63 heavy (non-hydrogen) atoms. The van der Waals surface area contributed by atoms with Gasteiger partial charge in [-0.1, -0.05) is 201 Å². The molecule has 0 saturated carbocycles. The zero-order chi connectivity index (χ0) is 45.8. The Kier molecular flexibility index (Phi) is 48.0. The van der Waals surface area contributed by atoms with Gasteiger partial charge in [-0.05, 0) is 103 Å². The number of hydrogen-bond donors (Lipinski definition) is 0. The zero-order valence-corrected chi connectivity index (χ0v) is 40.8. The van der Waals surface area contributed by atoms with Crippen molar-refractivity contribution in [1.29, 1.82) is 0 Å². The molecule has 0 aromatic carbocycles. The number of unbranched alkanes of at least 4 members (excludes halogenated alkanes) is 18. The summed E-state index contributed by atoms with van der Waals surface area (Å²) in [5.41, 5.74) is 0. The van der Waals surface area contributed by atoms with Crippen molar-refractivity contribution in [3.8, 4) is 0 Å². The number of esters is 3. The van der Waals surface area contributed by atoms with E-state index in [1.54, 1.807) is 0 Å². The summed E-state index contributed by atoms with van der Waals surface area (Å²) in [6.07, 6.45) is 66.9. The summed E-state index contributed by atoms with van der Waals surface area (Å²) in [7, 11) is 0. The van der Waals surface area contributed by atoms with Crippen molar-refractivity contribution in [3.05, 3.63) is 97.2 Å². The number of hydrogen-bond acceptors (Lipinski definition) is 6. The minimum absolute atomic E-state index is 0.108. The van der Waals surface area contributed by atoms with Crippen LogP contribution in [0.2, 0.25) is 0 Å². The summed E-state index contributed by atoms with van der Waals surface area (Å²) in [5.74, 6) is -1.01. The van der Waals surface area contributed by atoms with Crippen LogP contribution >= 0.6 is 0 Å². The average molecular weight is 875 g/mol. The van der Waals surface area contributed by atoms with Crippen LogP contribution in [0, 0.1) is 0 Å². The van der Waals surface area contributed by atoms with Gasteiger partial charge < -0.3 is 14.2 Å². The van der Waals surface area contributed by atoms with Crippen LogP contribution in [0.5, 0.6) is 0 Å². The van der Waals surface area contributed by atoms with Crippen molar-refractivity contribution in [2.45, 2.75) is 232 Å². The van der Waals surface area contributed by atoms with Crippen molar-refractivity contribution in [1.82, 2.24) is 0 Å². The highest BCUT2D eigenvalue weighted by molar-refractivity contribution is 5.71. The molecule has 0 spiro atoms. The summed E-state index contributed by atoms with van der Waals surface area (Å²) in [6.45, 7) is 6.39. The van der Waals surface area contributed by atoms with E-state index in [4.69, 9.17) is 14.2 Å². The van der Waals surface area contributed by atoms with Crippen LogP contribution in [0.15, 0.2) is 97.2 Å². The fourth-order valence-corrected chi connectivity index (χ4v) is 6.68. The Morgan fingerprint density at radius 1 is 0.333 bits per heavy atom. The van der Waals surface area contributed by atoms with Gasteiger partial charge in [0.05, 0.1) is 0 Å². The first-order chi connectivity index (χ1) is 31.0. The number of rotatable bonds is 45. The zero-order valence-electron chi connectivity index (χ0n) is 40.8.